The van der Waals surface area contributed by atoms with Crippen molar-refractivity contribution < 1.29 is 4.74 Å². The Bertz CT molecular complexity index is 667. The molecule has 1 fully saturated rings. The van der Waals surface area contributed by atoms with Gasteiger partial charge in [-0.1, -0.05) is 5.57 Å². The second-order valence-electron chi connectivity index (χ2n) is 5.12. The van der Waals surface area contributed by atoms with Crippen molar-refractivity contribution in [3.63, 3.8) is 0 Å². The summed E-state index contributed by atoms with van der Waals surface area (Å²) in [6, 6.07) is 6.20. The number of nitrogens with zero attached hydrogens (tertiary/aromatic N) is 1. The number of hydrogen-bond acceptors (Lipinski definition) is 4. The SMILES string of the molecule is c1cnc2c(c1)OCc1sccc1C2=C1CCNCC1. The summed E-state index contributed by atoms with van der Waals surface area (Å²) < 4.78 is 5.95. The minimum atomic E-state index is 0.653. The summed E-state index contributed by atoms with van der Waals surface area (Å²) in [4.78, 5) is 5.93. The average molecular weight is 284 g/mol. The number of aromatic nitrogens is 1. The molecule has 3 nitrogen and oxygen atoms in total. The van der Waals surface area contributed by atoms with E-state index in [-0.39, 0.29) is 0 Å². The maximum absolute atomic E-state index is 5.95. The van der Waals surface area contributed by atoms with Gasteiger partial charge < -0.3 is 10.1 Å². The second-order valence-corrected chi connectivity index (χ2v) is 6.13. The highest BCUT2D eigenvalue weighted by atomic mass is 32.1. The number of thiophene rings is 1. The first-order chi connectivity index (χ1) is 9.93. The lowest BCUT2D eigenvalue weighted by atomic mass is 9.91. The van der Waals surface area contributed by atoms with Crippen molar-refractivity contribution in [2.45, 2.75) is 19.4 Å². The smallest absolute Gasteiger partial charge is 0.146 e. The summed E-state index contributed by atoms with van der Waals surface area (Å²) in [6.07, 6.45) is 4.06. The number of fused-ring (bicyclic) bond motifs is 2. The minimum absolute atomic E-state index is 0.653. The van der Waals surface area contributed by atoms with Crippen LogP contribution in [0, 0.1) is 0 Å². The normalized spacial score (nSPS) is 18.0. The Balaban J connectivity index is 1.96. The highest BCUT2D eigenvalue weighted by Gasteiger charge is 2.24. The van der Waals surface area contributed by atoms with Crippen LogP contribution in [-0.4, -0.2) is 18.1 Å². The van der Waals surface area contributed by atoms with E-state index in [0.717, 1.165) is 37.4 Å². The van der Waals surface area contributed by atoms with Crippen LogP contribution in [0.3, 0.4) is 0 Å². The predicted octanol–water partition coefficient (Wildman–Crippen LogP) is 3.22. The Morgan fingerprint density at radius 2 is 2.10 bits per heavy atom. The lowest BCUT2D eigenvalue weighted by molar-refractivity contribution is 0.309. The summed E-state index contributed by atoms with van der Waals surface area (Å²) in [7, 11) is 0. The quantitative estimate of drug-likeness (QED) is 0.806. The van der Waals surface area contributed by atoms with Gasteiger partial charge >= 0.3 is 0 Å². The zero-order valence-corrected chi connectivity index (χ0v) is 12.0. The number of rotatable bonds is 0. The standard InChI is InChI=1S/C16H16N2OS/c1-2-13-16(18-6-1)15(11-3-7-17-8-4-11)12-5-9-20-14(12)10-19-13/h1-2,5-6,9,17H,3-4,7-8,10H2. The van der Waals surface area contributed by atoms with Crippen LogP contribution < -0.4 is 10.1 Å². The van der Waals surface area contributed by atoms with Crippen LogP contribution in [0.1, 0.15) is 29.0 Å². The third-order valence-corrected chi connectivity index (χ3v) is 4.84. The maximum Gasteiger partial charge on any atom is 0.146 e. The van der Waals surface area contributed by atoms with Crippen LogP contribution in [0.25, 0.3) is 5.57 Å². The van der Waals surface area contributed by atoms with Gasteiger partial charge in [0, 0.05) is 22.2 Å². The van der Waals surface area contributed by atoms with Crippen LogP contribution >= 0.6 is 11.3 Å². The van der Waals surface area contributed by atoms with Crippen molar-refractivity contribution in [1.29, 1.82) is 0 Å². The third-order valence-electron chi connectivity index (χ3n) is 3.94. The molecule has 102 valence electrons. The van der Waals surface area contributed by atoms with Gasteiger partial charge in [-0.15, -0.1) is 11.3 Å². The van der Waals surface area contributed by atoms with Crippen LogP contribution in [-0.2, 0) is 6.61 Å². The molecule has 2 aromatic heterocycles. The molecular formula is C16H16N2OS. The summed E-state index contributed by atoms with van der Waals surface area (Å²) in [5, 5.41) is 5.58. The number of piperidine rings is 1. The first kappa shape index (κ1) is 12.1. The summed E-state index contributed by atoms with van der Waals surface area (Å²) >= 11 is 1.77. The molecule has 0 spiro atoms. The van der Waals surface area contributed by atoms with E-state index in [1.54, 1.807) is 11.3 Å². The average Bonchev–Trinajstić information content (AvgIpc) is 2.90. The van der Waals surface area contributed by atoms with Gasteiger partial charge in [-0.3, -0.25) is 4.98 Å². The Kier molecular flexibility index (Phi) is 3.05. The largest absolute Gasteiger partial charge is 0.486 e. The van der Waals surface area contributed by atoms with E-state index >= 15 is 0 Å². The van der Waals surface area contributed by atoms with Gasteiger partial charge in [0.25, 0.3) is 0 Å². The van der Waals surface area contributed by atoms with Gasteiger partial charge in [0.2, 0.25) is 0 Å². The molecule has 1 N–H and O–H groups in total. The fourth-order valence-corrected chi connectivity index (χ4v) is 3.77. The van der Waals surface area contributed by atoms with Crippen molar-refractivity contribution in [2.75, 3.05) is 13.1 Å². The molecule has 2 aliphatic rings. The van der Waals surface area contributed by atoms with Crippen molar-refractivity contribution in [2.24, 2.45) is 0 Å². The zero-order chi connectivity index (χ0) is 13.4. The fraction of sp³-hybridized carbons (Fsp3) is 0.312. The van der Waals surface area contributed by atoms with E-state index in [1.165, 1.54) is 21.6 Å². The molecule has 2 aromatic rings. The van der Waals surface area contributed by atoms with E-state index in [9.17, 15) is 0 Å². The maximum atomic E-state index is 5.95. The van der Waals surface area contributed by atoms with Crippen LogP contribution in [0.4, 0.5) is 0 Å². The molecule has 1 saturated heterocycles. The molecule has 0 radical (unpaired) electrons. The molecule has 0 aliphatic carbocycles. The highest BCUT2D eigenvalue weighted by molar-refractivity contribution is 7.10. The molecular weight excluding hydrogens is 268 g/mol. The molecule has 0 saturated carbocycles. The minimum Gasteiger partial charge on any atom is -0.486 e. The van der Waals surface area contributed by atoms with Gasteiger partial charge in [-0.2, -0.15) is 0 Å². The van der Waals surface area contributed by atoms with E-state index < -0.39 is 0 Å². The van der Waals surface area contributed by atoms with E-state index in [4.69, 9.17) is 4.74 Å². The van der Waals surface area contributed by atoms with Crippen molar-refractivity contribution >= 4 is 16.9 Å². The van der Waals surface area contributed by atoms with E-state index in [2.05, 4.69) is 21.7 Å². The zero-order valence-electron chi connectivity index (χ0n) is 11.2. The third kappa shape index (κ3) is 1.96. The number of pyridine rings is 1. The molecule has 0 amide bonds. The summed E-state index contributed by atoms with van der Waals surface area (Å²) in [5.74, 6) is 0.914. The molecule has 4 rings (SSSR count). The van der Waals surface area contributed by atoms with Gasteiger partial charge in [0.05, 0.1) is 0 Å². The number of nitrogens with one attached hydrogen (secondary N) is 1. The van der Waals surface area contributed by atoms with Gasteiger partial charge in [-0.25, -0.2) is 0 Å². The molecule has 20 heavy (non-hydrogen) atoms. The second kappa shape index (κ2) is 5.04. The monoisotopic (exact) mass is 284 g/mol. The number of hydrogen-bond donors (Lipinski definition) is 1. The van der Waals surface area contributed by atoms with Gasteiger partial charge in [0.15, 0.2) is 0 Å². The first-order valence-electron chi connectivity index (χ1n) is 7.01. The van der Waals surface area contributed by atoms with E-state index in [0.29, 0.717) is 6.61 Å². The lowest BCUT2D eigenvalue weighted by Crippen LogP contribution is -2.24. The lowest BCUT2D eigenvalue weighted by Gasteiger charge is -2.20. The number of ether oxygens (including phenoxy) is 1. The molecule has 0 bridgehead atoms. The molecule has 4 heterocycles. The predicted molar refractivity (Wildman–Crippen MR) is 81.0 cm³/mol. The summed E-state index contributed by atoms with van der Waals surface area (Å²) in [5.41, 5.74) is 5.16. The summed E-state index contributed by atoms with van der Waals surface area (Å²) in [6.45, 7) is 2.77. The Morgan fingerprint density at radius 3 is 3.00 bits per heavy atom. The van der Waals surface area contributed by atoms with Crippen molar-refractivity contribution in [3.05, 3.63) is 51.5 Å². The molecule has 0 unspecified atom stereocenters. The van der Waals surface area contributed by atoms with Gasteiger partial charge in [-0.05, 0) is 49.5 Å². The Hall–Kier alpha value is -1.65. The van der Waals surface area contributed by atoms with E-state index in [1.807, 2.05) is 18.3 Å². The van der Waals surface area contributed by atoms with Crippen molar-refractivity contribution in [3.8, 4) is 5.75 Å². The molecule has 0 aromatic carbocycles. The topological polar surface area (TPSA) is 34.1 Å². The first-order valence-corrected chi connectivity index (χ1v) is 7.89. The fourth-order valence-electron chi connectivity index (χ4n) is 2.98. The molecule has 4 heteroatoms. The van der Waals surface area contributed by atoms with Crippen LogP contribution in [0.2, 0.25) is 0 Å². The van der Waals surface area contributed by atoms with Gasteiger partial charge in [0.1, 0.15) is 18.1 Å². The Labute approximate surface area is 122 Å². The Morgan fingerprint density at radius 1 is 1.20 bits per heavy atom. The van der Waals surface area contributed by atoms with Crippen molar-refractivity contribution in [1.82, 2.24) is 10.3 Å². The van der Waals surface area contributed by atoms with Crippen LogP contribution in [0.15, 0.2) is 35.3 Å². The molecule has 0 atom stereocenters. The van der Waals surface area contributed by atoms with Crippen LogP contribution in [0.5, 0.6) is 5.75 Å². The highest BCUT2D eigenvalue weighted by Crippen LogP contribution is 2.40. The molecule has 2 aliphatic heterocycles.